The lowest BCUT2D eigenvalue weighted by molar-refractivity contribution is 0.0754. The topological polar surface area (TPSA) is 76.8 Å². The molecule has 1 aliphatic heterocycles. The Bertz CT molecular complexity index is 949. The van der Waals surface area contributed by atoms with E-state index in [9.17, 15) is 4.79 Å². The third-order valence-electron chi connectivity index (χ3n) is 4.51. The summed E-state index contributed by atoms with van der Waals surface area (Å²) in [5.41, 5.74) is 2.65. The summed E-state index contributed by atoms with van der Waals surface area (Å²) in [7, 11) is 0. The lowest BCUT2D eigenvalue weighted by Gasteiger charge is -2.39. The zero-order valence-corrected chi connectivity index (χ0v) is 14.6. The van der Waals surface area contributed by atoms with Crippen LogP contribution in [0.15, 0.2) is 53.7 Å². The second-order valence-corrected chi connectivity index (χ2v) is 6.64. The summed E-state index contributed by atoms with van der Waals surface area (Å²) in [6.07, 6.45) is 5.27. The van der Waals surface area contributed by atoms with E-state index in [2.05, 4.69) is 25.0 Å². The third kappa shape index (κ3) is 3.67. The molecule has 1 aliphatic rings. The van der Waals surface area contributed by atoms with Crippen LogP contribution < -0.4 is 5.56 Å². The fourth-order valence-corrected chi connectivity index (χ4v) is 3.24. The highest BCUT2D eigenvalue weighted by molar-refractivity contribution is 5.56. The van der Waals surface area contributed by atoms with Crippen molar-refractivity contribution in [2.45, 2.75) is 20.0 Å². The number of nitrogens with zero attached hydrogens (tertiary/aromatic N) is 6. The Balaban J connectivity index is 1.39. The van der Waals surface area contributed by atoms with E-state index in [1.54, 1.807) is 35.4 Å². The molecule has 0 aromatic carbocycles. The Morgan fingerprint density at radius 3 is 2.81 bits per heavy atom. The average molecular weight is 348 g/mol. The molecule has 7 heteroatoms. The number of hydrogen-bond acceptors (Lipinski definition) is 6. The monoisotopic (exact) mass is 348 g/mol. The molecule has 0 radical (unpaired) electrons. The van der Waals surface area contributed by atoms with E-state index in [0.717, 1.165) is 42.4 Å². The van der Waals surface area contributed by atoms with Crippen LogP contribution in [0.5, 0.6) is 0 Å². The first-order valence-electron chi connectivity index (χ1n) is 8.67. The molecule has 1 fully saturated rings. The number of aryl methyl sites for hydroxylation is 1. The fraction of sp³-hybridized carbons (Fsp3) is 0.316. The molecule has 0 N–H and O–H groups in total. The first-order chi connectivity index (χ1) is 12.7. The maximum Gasteiger partial charge on any atom is 0.266 e. The maximum absolute atomic E-state index is 12.1. The summed E-state index contributed by atoms with van der Waals surface area (Å²) in [4.78, 5) is 27.1. The van der Waals surface area contributed by atoms with Gasteiger partial charge in [0.05, 0.1) is 17.9 Å². The van der Waals surface area contributed by atoms with Crippen LogP contribution in [0.1, 0.15) is 11.5 Å². The summed E-state index contributed by atoms with van der Waals surface area (Å²) in [6.45, 7) is 5.22. The molecule has 0 spiro atoms. The minimum Gasteiger partial charge on any atom is -0.297 e. The second kappa shape index (κ2) is 7.13. The van der Waals surface area contributed by atoms with E-state index in [4.69, 9.17) is 0 Å². The van der Waals surface area contributed by atoms with Crippen LogP contribution in [0, 0.1) is 12.8 Å². The fourth-order valence-electron chi connectivity index (χ4n) is 3.24. The van der Waals surface area contributed by atoms with E-state index in [1.807, 2.05) is 25.1 Å². The third-order valence-corrected chi connectivity index (χ3v) is 4.51. The molecule has 3 aromatic heterocycles. The predicted molar refractivity (Wildman–Crippen MR) is 97.3 cm³/mol. The van der Waals surface area contributed by atoms with Crippen molar-refractivity contribution in [3.05, 3.63) is 70.8 Å². The van der Waals surface area contributed by atoms with Crippen molar-refractivity contribution >= 4 is 0 Å². The highest BCUT2D eigenvalue weighted by atomic mass is 16.1. The molecule has 0 saturated carbocycles. The van der Waals surface area contributed by atoms with Crippen LogP contribution >= 0.6 is 0 Å². The molecule has 132 valence electrons. The number of hydrogen-bond donors (Lipinski definition) is 0. The Labute approximate surface area is 151 Å². The Kier molecular flexibility index (Phi) is 4.53. The average Bonchev–Trinajstić information content (AvgIpc) is 2.62. The smallest absolute Gasteiger partial charge is 0.266 e. The van der Waals surface area contributed by atoms with Crippen molar-refractivity contribution in [2.75, 3.05) is 13.1 Å². The standard InChI is InChI=1S/C19H20N6O/c1-14-21-8-6-17(22-14)13-24-10-15(11-24)12-25-19(26)5-4-18(23-25)16-3-2-7-20-9-16/h2-9,15H,10-13H2,1H3. The van der Waals surface area contributed by atoms with E-state index >= 15 is 0 Å². The molecular formula is C19H20N6O. The minimum atomic E-state index is -0.0671. The van der Waals surface area contributed by atoms with Crippen LogP contribution in [0.25, 0.3) is 11.3 Å². The van der Waals surface area contributed by atoms with Gasteiger partial charge < -0.3 is 0 Å². The van der Waals surface area contributed by atoms with Gasteiger partial charge in [0.25, 0.3) is 5.56 Å². The lowest BCUT2D eigenvalue weighted by atomic mass is 10.00. The Morgan fingerprint density at radius 2 is 2.04 bits per heavy atom. The molecule has 0 amide bonds. The Hall–Kier alpha value is -2.93. The van der Waals surface area contributed by atoms with Crippen LogP contribution in [-0.4, -0.2) is 42.7 Å². The van der Waals surface area contributed by atoms with Crippen LogP contribution in [0.2, 0.25) is 0 Å². The highest BCUT2D eigenvalue weighted by Gasteiger charge is 2.27. The summed E-state index contributed by atoms with van der Waals surface area (Å²) in [5.74, 6) is 1.22. The number of rotatable bonds is 5. The molecule has 0 aliphatic carbocycles. The molecular weight excluding hydrogens is 328 g/mol. The van der Waals surface area contributed by atoms with Gasteiger partial charge in [0.1, 0.15) is 5.82 Å². The molecule has 0 bridgehead atoms. The first-order valence-corrected chi connectivity index (χ1v) is 8.67. The van der Waals surface area contributed by atoms with Gasteiger partial charge in [-0.15, -0.1) is 0 Å². The van der Waals surface area contributed by atoms with E-state index in [-0.39, 0.29) is 5.56 Å². The van der Waals surface area contributed by atoms with Gasteiger partial charge in [-0.25, -0.2) is 14.6 Å². The largest absolute Gasteiger partial charge is 0.297 e. The summed E-state index contributed by atoms with van der Waals surface area (Å²) in [6, 6.07) is 9.09. The predicted octanol–water partition coefficient (Wildman–Crippen LogP) is 1.54. The molecule has 0 atom stereocenters. The van der Waals surface area contributed by atoms with Crippen LogP contribution in [0.3, 0.4) is 0 Å². The van der Waals surface area contributed by atoms with Gasteiger partial charge in [-0.05, 0) is 31.2 Å². The zero-order chi connectivity index (χ0) is 17.9. The maximum atomic E-state index is 12.1. The number of aromatic nitrogens is 5. The van der Waals surface area contributed by atoms with Crippen LogP contribution in [0.4, 0.5) is 0 Å². The van der Waals surface area contributed by atoms with Crippen molar-refractivity contribution in [1.29, 1.82) is 0 Å². The van der Waals surface area contributed by atoms with E-state index < -0.39 is 0 Å². The molecule has 7 nitrogen and oxygen atoms in total. The lowest BCUT2D eigenvalue weighted by Crippen LogP contribution is -2.49. The van der Waals surface area contributed by atoms with Gasteiger partial charge in [-0.1, -0.05) is 0 Å². The zero-order valence-electron chi connectivity index (χ0n) is 14.6. The van der Waals surface area contributed by atoms with E-state index in [0.29, 0.717) is 12.5 Å². The molecule has 4 rings (SSSR count). The van der Waals surface area contributed by atoms with Gasteiger partial charge in [-0.3, -0.25) is 14.7 Å². The first kappa shape index (κ1) is 16.5. The summed E-state index contributed by atoms with van der Waals surface area (Å²) in [5, 5.41) is 4.51. The van der Waals surface area contributed by atoms with Crippen molar-refractivity contribution in [2.24, 2.45) is 5.92 Å². The quantitative estimate of drug-likeness (QED) is 0.696. The number of likely N-dealkylation sites (tertiary alicyclic amines) is 1. The summed E-state index contributed by atoms with van der Waals surface area (Å²) < 4.78 is 1.57. The van der Waals surface area contributed by atoms with Crippen molar-refractivity contribution in [3.63, 3.8) is 0 Å². The van der Waals surface area contributed by atoms with Gasteiger partial charge in [0, 0.05) is 55.8 Å². The SMILES string of the molecule is Cc1nccc(CN2CC(Cn3nc(-c4cccnc4)ccc3=O)C2)n1. The molecule has 26 heavy (non-hydrogen) atoms. The Morgan fingerprint density at radius 1 is 1.15 bits per heavy atom. The van der Waals surface area contributed by atoms with Crippen molar-refractivity contribution in [1.82, 2.24) is 29.6 Å². The van der Waals surface area contributed by atoms with Crippen LogP contribution in [-0.2, 0) is 13.1 Å². The molecule has 0 unspecified atom stereocenters. The molecule has 1 saturated heterocycles. The van der Waals surface area contributed by atoms with Gasteiger partial charge >= 0.3 is 0 Å². The van der Waals surface area contributed by atoms with Crippen molar-refractivity contribution in [3.8, 4) is 11.3 Å². The van der Waals surface area contributed by atoms with Crippen molar-refractivity contribution < 1.29 is 0 Å². The molecule has 3 aromatic rings. The second-order valence-electron chi connectivity index (χ2n) is 6.64. The van der Waals surface area contributed by atoms with Gasteiger partial charge in [-0.2, -0.15) is 5.10 Å². The minimum absolute atomic E-state index is 0.0671. The van der Waals surface area contributed by atoms with Gasteiger partial charge in [0.2, 0.25) is 0 Å². The highest BCUT2D eigenvalue weighted by Crippen LogP contribution is 2.19. The summed E-state index contributed by atoms with van der Waals surface area (Å²) >= 11 is 0. The number of pyridine rings is 1. The van der Waals surface area contributed by atoms with E-state index in [1.165, 1.54) is 0 Å². The normalized spacial score (nSPS) is 15.0. The van der Waals surface area contributed by atoms with Gasteiger partial charge in [0.15, 0.2) is 0 Å². The molecule has 4 heterocycles.